The molecule has 3 nitrogen and oxygen atoms in total. The molecule has 0 aliphatic carbocycles. The summed E-state index contributed by atoms with van der Waals surface area (Å²) in [6.45, 7) is 0.277. The van der Waals surface area contributed by atoms with Gasteiger partial charge in [-0.25, -0.2) is 4.98 Å². The van der Waals surface area contributed by atoms with Crippen LogP contribution in [0.15, 0.2) is 18.3 Å². The van der Waals surface area contributed by atoms with E-state index in [4.69, 9.17) is 18.0 Å². The maximum atomic E-state index is 11.6. The zero-order valence-corrected chi connectivity index (χ0v) is 8.45. The van der Waals surface area contributed by atoms with Gasteiger partial charge in [-0.2, -0.15) is 0 Å². The average molecular weight is 209 g/mol. The highest BCUT2D eigenvalue weighted by Gasteiger charge is 2.10. The van der Waals surface area contributed by atoms with Crippen molar-refractivity contribution in [3.63, 3.8) is 0 Å². The van der Waals surface area contributed by atoms with E-state index in [1.165, 1.54) is 17.2 Å². The molecule has 1 aromatic rings. The van der Waals surface area contributed by atoms with E-state index in [1.807, 2.05) is 0 Å². The first kappa shape index (κ1) is 10.6. The Bertz CT molecular complexity index is 384. The van der Waals surface area contributed by atoms with Crippen molar-refractivity contribution in [3.8, 4) is 12.3 Å². The van der Waals surface area contributed by atoms with Crippen LogP contribution in [-0.2, 0) is 0 Å². The van der Waals surface area contributed by atoms with Crippen LogP contribution in [0, 0.1) is 12.3 Å². The summed E-state index contributed by atoms with van der Waals surface area (Å²) in [5.41, 5.74) is 0.489. The number of pyridine rings is 1. The van der Waals surface area contributed by atoms with Gasteiger partial charge in [-0.3, -0.25) is 4.79 Å². The second-order valence-corrected chi connectivity index (χ2v) is 3.12. The predicted octanol–water partition coefficient (Wildman–Crippen LogP) is 1.44. The second kappa shape index (κ2) is 4.64. The Hall–Kier alpha value is -1.53. The highest BCUT2D eigenvalue weighted by Crippen LogP contribution is 2.08. The number of hydrogen-bond acceptors (Lipinski definition) is 2. The van der Waals surface area contributed by atoms with Crippen LogP contribution in [0.25, 0.3) is 0 Å². The molecule has 1 aromatic heterocycles. The van der Waals surface area contributed by atoms with E-state index in [1.54, 1.807) is 13.1 Å². The molecule has 0 saturated carbocycles. The van der Waals surface area contributed by atoms with E-state index in [0.717, 1.165) is 0 Å². The van der Waals surface area contributed by atoms with Gasteiger partial charge in [0.15, 0.2) is 0 Å². The molecule has 0 aliphatic heterocycles. The molecule has 0 fully saturated rings. The summed E-state index contributed by atoms with van der Waals surface area (Å²) < 4.78 is 0. The van der Waals surface area contributed by atoms with Crippen molar-refractivity contribution in [2.75, 3.05) is 13.6 Å². The van der Waals surface area contributed by atoms with Crippen LogP contribution < -0.4 is 0 Å². The first-order chi connectivity index (χ1) is 6.65. The van der Waals surface area contributed by atoms with Crippen LogP contribution in [0.4, 0.5) is 0 Å². The van der Waals surface area contributed by atoms with E-state index in [0.29, 0.717) is 10.7 Å². The monoisotopic (exact) mass is 208 g/mol. The van der Waals surface area contributed by atoms with Crippen molar-refractivity contribution in [1.29, 1.82) is 0 Å². The van der Waals surface area contributed by atoms with Gasteiger partial charge in [0.25, 0.3) is 5.91 Å². The van der Waals surface area contributed by atoms with Crippen LogP contribution in [0.2, 0.25) is 5.15 Å². The molecule has 0 spiro atoms. The lowest BCUT2D eigenvalue weighted by Gasteiger charge is -2.13. The van der Waals surface area contributed by atoms with Crippen LogP contribution in [0.3, 0.4) is 0 Å². The predicted molar refractivity (Wildman–Crippen MR) is 55.0 cm³/mol. The van der Waals surface area contributed by atoms with Crippen LogP contribution >= 0.6 is 11.6 Å². The Morgan fingerprint density at radius 2 is 2.50 bits per heavy atom. The molecular formula is C10H9ClN2O. The topological polar surface area (TPSA) is 33.2 Å². The quantitative estimate of drug-likeness (QED) is 0.544. The Labute approximate surface area is 87.7 Å². The third-order valence-electron chi connectivity index (χ3n) is 1.65. The fourth-order valence-electron chi connectivity index (χ4n) is 0.965. The van der Waals surface area contributed by atoms with E-state index in [2.05, 4.69) is 10.9 Å². The molecular weight excluding hydrogens is 200 g/mol. The van der Waals surface area contributed by atoms with Gasteiger partial charge in [0, 0.05) is 18.8 Å². The number of amides is 1. The van der Waals surface area contributed by atoms with Gasteiger partial charge in [-0.15, -0.1) is 6.42 Å². The molecule has 0 unspecified atom stereocenters. The van der Waals surface area contributed by atoms with Gasteiger partial charge < -0.3 is 4.90 Å². The first-order valence-electron chi connectivity index (χ1n) is 3.95. The molecule has 0 aromatic carbocycles. The van der Waals surface area contributed by atoms with Gasteiger partial charge >= 0.3 is 0 Å². The fraction of sp³-hybridized carbons (Fsp3) is 0.200. The van der Waals surface area contributed by atoms with E-state index in [-0.39, 0.29) is 12.5 Å². The largest absolute Gasteiger partial charge is 0.331 e. The Morgan fingerprint density at radius 3 is 3.07 bits per heavy atom. The number of carbonyl (C=O) groups excluding carboxylic acids is 1. The van der Waals surface area contributed by atoms with Gasteiger partial charge in [-0.1, -0.05) is 17.5 Å². The van der Waals surface area contributed by atoms with Crippen LogP contribution in [0.1, 0.15) is 10.4 Å². The number of rotatable bonds is 2. The maximum absolute atomic E-state index is 11.6. The molecule has 4 heteroatoms. The summed E-state index contributed by atoms with van der Waals surface area (Å²) in [5, 5.41) is 0.296. The zero-order valence-electron chi connectivity index (χ0n) is 7.70. The van der Waals surface area contributed by atoms with Gasteiger partial charge in [0.2, 0.25) is 0 Å². The summed E-state index contributed by atoms with van der Waals surface area (Å²) in [7, 11) is 1.64. The fourth-order valence-corrected chi connectivity index (χ4v) is 1.14. The van der Waals surface area contributed by atoms with Crippen molar-refractivity contribution in [2.45, 2.75) is 0 Å². The molecule has 0 aliphatic rings. The molecule has 1 heterocycles. The van der Waals surface area contributed by atoms with Crippen LogP contribution in [0.5, 0.6) is 0 Å². The van der Waals surface area contributed by atoms with Gasteiger partial charge in [-0.05, 0) is 12.1 Å². The summed E-state index contributed by atoms with van der Waals surface area (Å²) >= 11 is 5.65. The third kappa shape index (κ3) is 2.48. The van der Waals surface area contributed by atoms with Crippen molar-refractivity contribution in [1.82, 2.24) is 9.88 Å². The van der Waals surface area contributed by atoms with E-state index < -0.39 is 0 Å². The smallest absolute Gasteiger partial charge is 0.254 e. The number of nitrogens with zero attached hydrogens (tertiary/aromatic N) is 2. The highest BCUT2D eigenvalue weighted by molar-refractivity contribution is 6.29. The lowest BCUT2D eigenvalue weighted by molar-refractivity contribution is 0.0812. The highest BCUT2D eigenvalue weighted by atomic mass is 35.5. The summed E-state index contributed by atoms with van der Waals surface area (Å²) in [6, 6.07) is 3.11. The lowest BCUT2D eigenvalue weighted by Crippen LogP contribution is -2.26. The number of carbonyl (C=O) groups is 1. The lowest BCUT2D eigenvalue weighted by atomic mass is 10.2. The minimum Gasteiger partial charge on any atom is -0.331 e. The SMILES string of the molecule is C#CCN(C)C(=O)c1ccnc(Cl)c1. The summed E-state index contributed by atoms with van der Waals surface area (Å²) in [4.78, 5) is 16.8. The molecule has 0 bridgehead atoms. The molecule has 0 radical (unpaired) electrons. The molecule has 0 saturated heterocycles. The average Bonchev–Trinajstić information content (AvgIpc) is 2.17. The normalized spacial score (nSPS) is 9.21. The zero-order chi connectivity index (χ0) is 10.6. The van der Waals surface area contributed by atoms with E-state index in [9.17, 15) is 4.79 Å². The number of aromatic nitrogens is 1. The number of halogens is 1. The Morgan fingerprint density at radius 1 is 1.79 bits per heavy atom. The van der Waals surface area contributed by atoms with Crippen molar-refractivity contribution >= 4 is 17.5 Å². The Balaban J connectivity index is 2.85. The second-order valence-electron chi connectivity index (χ2n) is 2.73. The molecule has 72 valence electrons. The number of terminal acetylenes is 1. The van der Waals surface area contributed by atoms with Crippen molar-refractivity contribution in [3.05, 3.63) is 29.0 Å². The standard InChI is InChI=1S/C10H9ClN2O/c1-3-6-13(2)10(14)8-4-5-12-9(11)7-8/h1,4-5,7H,6H2,2H3. The number of hydrogen-bond donors (Lipinski definition) is 0. The third-order valence-corrected chi connectivity index (χ3v) is 1.86. The minimum absolute atomic E-state index is 0.160. The molecule has 1 rings (SSSR count). The summed E-state index contributed by atoms with van der Waals surface area (Å²) in [6.07, 6.45) is 6.58. The van der Waals surface area contributed by atoms with Crippen molar-refractivity contribution < 1.29 is 4.79 Å². The molecule has 1 amide bonds. The van der Waals surface area contributed by atoms with Crippen LogP contribution in [-0.4, -0.2) is 29.4 Å². The molecule has 0 atom stereocenters. The molecule has 0 N–H and O–H groups in total. The van der Waals surface area contributed by atoms with E-state index >= 15 is 0 Å². The van der Waals surface area contributed by atoms with Crippen molar-refractivity contribution in [2.24, 2.45) is 0 Å². The van der Waals surface area contributed by atoms with Gasteiger partial charge in [0.05, 0.1) is 6.54 Å². The van der Waals surface area contributed by atoms with Gasteiger partial charge in [0.1, 0.15) is 5.15 Å². The maximum Gasteiger partial charge on any atom is 0.254 e. The summed E-state index contributed by atoms with van der Waals surface area (Å²) in [5.74, 6) is 2.23. The Kier molecular flexibility index (Phi) is 3.49. The minimum atomic E-state index is -0.160. The first-order valence-corrected chi connectivity index (χ1v) is 4.33. The molecule has 14 heavy (non-hydrogen) atoms.